The fourth-order valence-corrected chi connectivity index (χ4v) is 3.87. The first-order valence-corrected chi connectivity index (χ1v) is 9.20. The Morgan fingerprint density at radius 3 is 2.72 bits per heavy atom. The Morgan fingerprint density at radius 2 is 1.92 bits per heavy atom. The molecule has 7 heteroatoms. The Morgan fingerprint density at radius 1 is 1.08 bits per heavy atom. The molecule has 2 aliphatic rings. The Hall–Kier alpha value is -2.28. The summed E-state index contributed by atoms with van der Waals surface area (Å²) in [7, 11) is 0. The number of aryl methyl sites for hydroxylation is 1. The van der Waals surface area contributed by atoms with E-state index in [0.717, 1.165) is 49.6 Å². The second-order valence-electron chi connectivity index (χ2n) is 7.38. The van der Waals surface area contributed by atoms with Crippen molar-refractivity contribution < 1.29 is 0 Å². The van der Waals surface area contributed by atoms with Gasteiger partial charge in [-0.05, 0) is 57.8 Å². The van der Waals surface area contributed by atoms with Gasteiger partial charge in [-0.3, -0.25) is 4.90 Å². The van der Waals surface area contributed by atoms with Gasteiger partial charge in [0.05, 0.1) is 17.7 Å². The average Bonchev–Trinajstić information content (AvgIpc) is 3.22. The third-order valence-corrected chi connectivity index (χ3v) is 5.45. The Labute approximate surface area is 146 Å². The first-order chi connectivity index (χ1) is 12.3. The maximum Gasteiger partial charge on any atom is 0.177 e. The SMILES string of the molecule is Cc1ccc2nnc(C3CCN(Cc4cncn4C4CC4)CC3)n2n1. The Kier molecular flexibility index (Phi) is 3.55. The largest absolute Gasteiger partial charge is 0.330 e. The van der Waals surface area contributed by atoms with Crippen LogP contribution in [-0.4, -0.2) is 47.4 Å². The van der Waals surface area contributed by atoms with Gasteiger partial charge in [-0.25, -0.2) is 4.98 Å². The summed E-state index contributed by atoms with van der Waals surface area (Å²) in [5.41, 5.74) is 3.20. The van der Waals surface area contributed by atoms with Gasteiger partial charge < -0.3 is 4.57 Å². The molecule has 1 aliphatic carbocycles. The zero-order valence-electron chi connectivity index (χ0n) is 14.5. The zero-order valence-corrected chi connectivity index (χ0v) is 14.5. The van der Waals surface area contributed by atoms with Crippen LogP contribution in [0.4, 0.5) is 0 Å². The summed E-state index contributed by atoms with van der Waals surface area (Å²) < 4.78 is 4.29. The summed E-state index contributed by atoms with van der Waals surface area (Å²) in [6.07, 6.45) is 8.84. The van der Waals surface area contributed by atoms with Gasteiger partial charge in [-0.15, -0.1) is 10.2 Å². The molecule has 1 saturated heterocycles. The van der Waals surface area contributed by atoms with Crippen molar-refractivity contribution in [1.29, 1.82) is 0 Å². The fourth-order valence-electron chi connectivity index (χ4n) is 3.87. The number of hydrogen-bond acceptors (Lipinski definition) is 5. The van der Waals surface area contributed by atoms with E-state index in [2.05, 4.69) is 29.7 Å². The molecule has 0 amide bonds. The summed E-state index contributed by atoms with van der Waals surface area (Å²) in [5, 5.41) is 13.3. The number of nitrogens with zero attached hydrogens (tertiary/aromatic N) is 7. The van der Waals surface area contributed by atoms with Crippen molar-refractivity contribution >= 4 is 5.65 Å². The molecule has 1 aliphatic heterocycles. The molecule has 0 radical (unpaired) electrons. The molecule has 0 bridgehead atoms. The molecule has 25 heavy (non-hydrogen) atoms. The van der Waals surface area contributed by atoms with Crippen molar-refractivity contribution in [2.75, 3.05) is 13.1 Å². The molecule has 3 aromatic heterocycles. The predicted molar refractivity (Wildman–Crippen MR) is 93.3 cm³/mol. The Bertz CT molecular complexity index is 884. The lowest BCUT2D eigenvalue weighted by atomic mass is 9.96. The summed E-state index contributed by atoms with van der Waals surface area (Å²) in [6.45, 7) is 5.18. The van der Waals surface area contributed by atoms with Crippen LogP contribution in [0.5, 0.6) is 0 Å². The molecule has 7 nitrogen and oxygen atoms in total. The summed E-state index contributed by atoms with van der Waals surface area (Å²) in [6, 6.07) is 4.68. The van der Waals surface area contributed by atoms with Gasteiger partial charge >= 0.3 is 0 Å². The molecule has 0 aromatic carbocycles. The van der Waals surface area contributed by atoms with E-state index in [1.165, 1.54) is 18.5 Å². The van der Waals surface area contributed by atoms with Crippen LogP contribution in [0.3, 0.4) is 0 Å². The topological polar surface area (TPSA) is 64.1 Å². The standard InChI is InChI=1S/C18H23N7/c1-13-2-5-17-20-21-18(25(17)22-13)14-6-8-23(9-7-14)11-16-10-19-12-24(16)15-3-4-15/h2,5,10,12,14-15H,3-4,6-9,11H2,1H3. The third kappa shape index (κ3) is 2.82. The number of likely N-dealkylation sites (tertiary alicyclic amines) is 1. The van der Waals surface area contributed by atoms with Crippen molar-refractivity contribution in [1.82, 2.24) is 34.3 Å². The van der Waals surface area contributed by atoms with E-state index in [9.17, 15) is 0 Å². The first-order valence-electron chi connectivity index (χ1n) is 9.20. The van der Waals surface area contributed by atoms with Crippen LogP contribution < -0.4 is 0 Å². The van der Waals surface area contributed by atoms with E-state index in [0.29, 0.717) is 12.0 Å². The monoisotopic (exact) mass is 337 g/mol. The highest BCUT2D eigenvalue weighted by atomic mass is 15.4. The number of imidazole rings is 1. The van der Waals surface area contributed by atoms with Crippen LogP contribution in [0.2, 0.25) is 0 Å². The van der Waals surface area contributed by atoms with Gasteiger partial charge in [-0.1, -0.05) is 0 Å². The molecular formula is C18H23N7. The molecular weight excluding hydrogens is 314 g/mol. The highest BCUT2D eigenvalue weighted by Crippen LogP contribution is 2.36. The van der Waals surface area contributed by atoms with Crippen molar-refractivity contribution in [2.45, 2.75) is 51.1 Å². The van der Waals surface area contributed by atoms with Gasteiger partial charge in [0.15, 0.2) is 11.5 Å². The third-order valence-electron chi connectivity index (χ3n) is 5.45. The highest BCUT2D eigenvalue weighted by molar-refractivity contribution is 5.36. The summed E-state index contributed by atoms with van der Waals surface area (Å²) in [4.78, 5) is 6.89. The molecule has 4 heterocycles. The minimum Gasteiger partial charge on any atom is -0.330 e. The molecule has 1 saturated carbocycles. The van der Waals surface area contributed by atoms with Crippen LogP contribution in [-0.2, 0) is 6.54 Å². The maximum absolute atomic E-state index is 4.60. The highest BCUT2D eigenvalue weighted by Gasteiger charge is 2.28. The van der Waals surface area contributed by atoms with Crippen molar-refractivity contribution in [2.24, 2.45) is 0 Å². The van der Waals surface area contributed by atoms with Crippen molar-refractivity contribution in [3.63, 3.8) is 0 Å². The molecule has 2 fully saturated rings. The van der Waals surface area contributed by atoms with Crippen molar-refractivity contribution in [3.8, 4) is 0 Å². The molecule has 0 unspecified atom stereocenters. The van der Waals surface area contributed by atoms with Gasteiger partial charge in [0.25, 0.3) is 0 Å². The number of hydrogen-bond donors (Lipinski definition) is 0. The van der Waals surface area contributed by atoms with Crippen LogP contribution in [0.1, 0.15) is 54.9 Å². The van der Waals surface area contributed by atoms with Crippen LogP contribution in [0.25, 0.3) is 5.65 Å². The maximum atomic E-state index is 4.60. The average molecular weight is 337 g/mol. The molecule has 3 aromatic rings. The lowest BCUT2D eigenvalue weighted by Crippen LogP contribution is -2.33. The van der Waals surface area contributed by atoms with E-state index in [1.807, 2.05) is 36.1 Å². The first kappa shape index (κ1) is 15.0. The van der Waals surface area contributed by atoms with Gasteiger partial charge in [0.1, 0.15) is 0 Å². The van der Waals surface area contributed by atoms with Crippen LogP contribution in [0, 0.1) is 6.92 Å². The van der Waals surface area contributed by atoms with Gasteiger partial charge in [0.2, 0.25) is 0 Å². The lowest BCUT2D eigenvalue weighted by molar-refractivity contribution is 0.196. The van der Waals surface area contributed by atoms with E-state index < -0.39 is 0 Å². The zero-order chi connectivity index (χ0) is 16.8. The minimum absolute atomic E-state index is 0.439. The second-order valence-corrected chi connectivity index (χ2v) is 7.38. The van der Waals surface area contributed by atoms with Crippen molar-refractivity contribution in [3.05, 3.63) is 41.9 Å². The van der Waals surface area contributed by atoms with Gasteiger partial charge in [0, 0.05) is 24.7 Å². The lowest BCUT2D eigenvalue weighted by Gasteiger charge is -2.31. The molecule has 0 atom stereocenters. The fraction of sp³-hybridized carbons (Fsp3) is 0.556. The minimum atomic E-state index is 0.439. The smallest absolute Gasteiger partial charge is 0.177 e. The van der Waals surface area contributed by atoms with E-state index in [-0.39, 0.29) is 0 Å². The molecule has 5 rings (SSSR count). The number of piperidine rings is 1. The normalized spacial score (nSPS) is 19.7. The Balaban J connectivity index is 1.27. The van der Waals surface area contributed by atoms with E-state index in [4.69, 9.17) is 0 Å². The van der Waals surface area contributed by atoms with Crippen LogP contribution in [0.15, 0.2) is 24.7 Å². The number of aromatic nitrogens is 6. The predicted octanol–water partition coefficient (Wildman–Crippen LogP) is 2.34. The molecule has 0 N–H and O–H groups in total. The number of rotatable bonds is 4. The quantitative estimate of drug-likeness (QED) is 0.731. The molecule has 130 valence electrons. The van der Waals surface area contributed by atoms with Gasteiger partial charge in [-0.2, -0.15) is 9.61 Å². The summed E-state index contributed by atoms with van der Waals surface area (Å²) >= 11 is 0. The summed E-state index contributed by atoms with van der Waals surface area (Å²) in [5.74, 6) is 1.45. The second kappa shape index (κ2) is 5.91. The number of fused-ring (bicyclic) bond motifs is 1. The van der Waals surface area contributed by atoms with E-state index in [1.54, 1.807) is 0 Å². The van der Waals surface area contributed by atoms with E-state index >= 15 is 0 Å². The molecule has 0 spiro atoms. The van der Waals surface area contributed by atoms with Crippen LogP contribution >= 0.6 is 0 Å².